The highest BCUT2D eigenvalue weighted by molar-refractivity contribution is 9.12. The normalized spacial score (nSPS) is 12.7. The molecule has 0 bridgehead atoms. The highest BCUT2D eigenvalue weighted by Gasteiger charge is 2.12. The van der Waals surface area contributed by atoms with Crippen molar-refractivity contribution in [1.29, 1.82) is 0 Å². The lowest BCUT2D eigenvalue weighted by Crippen LogP contribution is -2.06. The van der Waals surface area contributed by atoms with Gasteiger partial charge in [-0.3, -0.25) is 4.99 Å². The summed E-state index contributed by atoms with van der Waals surface area (Å²) in [6.45, 7) is 0. The van der Waals surface area contributed by atoms with Crippen molar-refractivity contribution in [1.82, 2.24) is 0 Å². The maximum atomic E-state index is 5.74. The maximum Gasteiger partial charge on any atom is 0.128 e. The summed E-state index contributed by atoms with van der Waals surface area (Å²) in [4.78, 5) is 4.16. The lowest BCUT2D eigenvalue weighted by atomic mass is 10.1. The molecule has 0 unspecified atom stereocenters. The van der Waals surface area contributed by atoms with Crippen molar-refractivity contribution < 1.29 is 4.74 Å². The van der Waals surface area contributed by atoms with E-state index in [9.17, 15) is 0 Å². The number of aliphatic imine (C=N–C) groups is 1. The number of methoxy groups -OCH3 is 1. The van der Waals surface area contributed by atoms with Crippen molar-refractivity contribution in [2.24, 2.45) is 10.7 Å². The topological polar surface area (TPSA) is 73.6 Å². The minimum Gasteiger partial charge on any atom is -0.496 e. The van der Waals surface area contributed by atoms with E-state index >= 15 is 0 Å². The minimum atomic E-state index is 0.647. The zero-order chi connectivity index (χ0) is 12.1. The Bertz CT molecular complexity index is 441. The predicted octanol–water partition coefficient (Wildman–Crippen LogP) is 1.89. The summed E-state index contributed by atoms with van der Waals surface area (Å²) in [6.07, 6.45) is 1.44. The van der Waals surface area contributed by atoms with Crippen LogP contribution in [0.1, 0.15) is 5.56 Å². The molecule has 0 aliphatic heterocycles. The summed E-state index contributed by atoms with van der Waals surface area (Å²) >= 11 is 3.34. The molecule has 0 saturated carbocycles. The van der Waals surface area contributed by atoms with Gasteiger partial charge in [0.1, 0.15) is 5.75 Å². The first-order valence-corrected chi connectivity index (χ1v) is 5.41. The van der Waals surface area contributed by atoms with Crippen LogP contribution in [-0.2, 0) is 0 Å². The summed E-state index contributed by atoms with van der Waals surface area (Å²) in [5, 5.41) is 0. The van der Waals surface area contributed by atoms with Gasteiger partial charge in [-0.15, -0.1) is 0 Å². The number of rotatable bonds is 3. The fourth-order valence-electron chi connectivity index (χ4n) is 1.35. The quantitative estimate of drug-likeness (QED) is 0.657. The van der Waals surface area contributed by atoms with Crippen molar-refractivity contribution >= 4 is 27.3 Å². The van der Waals surface area contributed by atoms with E-state index < -0.39 is 0 Å². The first-order chi connectivity index (χ1) is 7.63. The molecule has 5 heteroatoms. The van der Waals surface area contributed by atoms with Crippen LogP contribution in [-0.4, -0.2) is 19.9 Å². The second-order valence-corrected chi connectivity index (χ2v) is 3.90. The van der Waals surface area contributed by atoms with E-state index in [1.165, 1.54) is 6.20 Å². The lowest BCUT2D eigenvalue weighted by molar-refractivity contribution is 0.414. The van der Waals surface area contributed by atoms with E-state index in [4.69, 9.17) is 16.2 Å². The van der Waals surface area contributed by atoms with Gasteiger partial charge >= 0.3 is 0 Å². The largest absolute Gasteiger partial charge is 0.496 e. The van der Waals surface area contributed by atoms with E-state index in [2.05, 4.69) is 20.9 Å². The molecule has 0 amide bonds. The van der Waals surface area contributed by atoms with Gasteiger partial charge in [0.25, 0.3) is 0 Å². The van der Waals surface area contributed by atoms with Gasteiger partial charge in [0, 0.05) is 24.5 Å². The molecule has 0 atom stereocenters. The molecule has 86 valence electrons. The SMILES string of the molecule is CN=C(C(Br)=CN)c1cc(N)ccc1OC. The Hall–Kier alpha value is -1.49. The van der Waals surface area contributed by atoms with Crippen molar-refractivity contribution in [3.05, 3.63) is 34.4 Å². The van der Waals surface area contributed by atoms with Crippen LogP contribution in [0.2, 0.25) is 0 Å². The van der Waals surface area contributed by atoms with Gasteiger partial charge in [-0.2, -0.15) is 0 Å². The molecule has 4 N–H and O–H groups in total. The number of halogens is 1. The van der Waals surface area contributed by atoms with E-state index in [0.29, 0.717) is 21.6 Å². The van der Waals surface area contributed by atoms with Gasteiger partial charge in [0.2, 0.25) is 0 Å². The molecule has 0 radical (unpaired) electrons. The Kier molecular flexibility index (Phi) is 4.37. The molecule has 1 aromatic carbocycles. The number of nitrogen functional groups attached to an aromatic ring is 1. The van der Waals surface area contributed by atoms with Gasteiger partial charge in [0.15, 0.2) is 0 Å². The first kappa shape index (κ1) is 12.6. The predicted molar refractivity (Wildman–Crippen MR) is 71.1 cm³/mol. The van der Waals surface area contributed by atoms with Gasteiger partial charge in [0.05, 0.1) is 17.3 Å². The fourth-order valence-corrected chi connectivity index (χ4v) is 1.74. The van der Waals surface area contributed by atoms with Crippen molar-refractivity contribution in [2.75, 3.05) is 19.9 Å². The number of nitrogens with zero attached hydrogens (tertiary/aromatic N) is 1. The Morgan fingerprint density at radius 3 is 2.69 bits per heavy atom. The molecule has 0 spiro atoms. The lowest BCUT2D eigenvalue weighted by Gasteiger charge is -2.11. The Balaban J connectivity index is 3.35. The van der Waals surface area contributed by atoms with Crippen LogP contribution in [0.5, 0.6) is 5.75 Å². The molecule has 1 rings (SSSR count). The number of hydrogen-bond donors (Lipinski definition) is 2. The third-order valence-corrected chi connectivity index (χ3v) is 2.71. The third-order valence-electron chi connectivity index (χ3n) is 2.07. The summed E-state index contributed by atoms with van der Waals surface area (Å²) in [7, 11) is 3.28. The molecule has 0 aliphatic rings. The third kappa shape index (κ3) is 2.55. The number of benzene rings is 1. The Labute approximate surface area is 103 Å². The van der Waals surface area contributed by atoms with E-state index in [-0.39, 0.29) is 0 Å². The summed E-state index contributed by atoms with van der Waals surface area (Å²) in [5.74, 6) is 0.702. The summed E-state index contributed by atoms with van der Waals surface area (Å²) < 4.78 is 5.95. The van der Waals surface area contributed by atoms with E-state index in [1.807, 2.05) is 0 Å². The molecule has 4 nitrogen and oxygen atoms in total. The fraction of sp³-hybridized carbons (Fsp3) is 0.182. The van der Waals surface area contributed by atoms with Crippen molar-refractivity contribution in [3.63, 3.8) is 0 Å². The molecule has 0 heterocycles. The molecular weight excluding hydrogens is 270 g/mol. The first-order valence-electron chi connectivity index (χ1n) is 4.62. The van der Waals surface area contributed by atoms with Crippen LogP contribution in [0.15, 0.2) is 33.9 Å². The zero-order valence-electron chi connectivity index (χ0n) is 9.20. The smallest absolute Gasteiger partial charge is 0.128 e. The van der Waals surface area contributed by atoms with Crippen molar-refractivity contribution in [3.8, 4) is 5.75 Å². The molecule has 0 aliphatic carbocycles. The standard InChI is InChI=1S/C11H14BrN3O/c1-15-11(9(12)6-13)8-5-7(14)3-4-10(8)16-2/h3-6H,13-14H2,1-2H3. The average molecular weight is 284 g/mol. The van der Waals surface area contributed by atoms with Crippen LogP contribution in [0.4, 0.5) is 5.69 Å². The van der Waals surface area contributed by atoms with E-state index in [1.54, 1.807) is 32.4 Å². The van der Waals surface area contributed by atoms with Crippen LogP contribution < -0.4 is 16.2 Å². The Morgan fingerprint density at radius 1 is 1.50 bits per heavy atom. The number of hydrogen-bond acceptors (Lipinski definition) is 4. The molecule has 0 aromatic heterocycles. The van der Waals surface area contributed by atoms with Crippen molar-refractivity contribution in [2.45, 2.75) is 0 Å². The highest BCUT2D eigenvalue weighted by atomic mass is 79.9. The van der Waals surface area contributed by atoms with Gasteiger partial charge < -0.3 is 16.2 Å². The van der Waals surface area contributed by atoms with E-state index in [0.717, 1.165) is 5.56 Å². The molecule has 1 aromatic rings. The summed E-state index contributed by atoms with van der Waals surface area (Å²) in [5.41, 5.74) is 13.3. The van der Waals surface area contributed by atoms with Gasteiger partial charge in [-0.05, 0) is 34.1 Å². The van der Waals surface area contributed by atoms with Crippen LogP contribution in [0, 0.1) is 0 Å². The van der Waals surface area contributed by atoms with Crippen LogP contribution in [0.25, 0.3) is 0 Å². The summed E-state index contributed by atoms with van der Waals surface area (Å²) in [6, 6.07) is 5.37. The zero-order valence-corrected chi connectivity index (χ0v) is 10.8. The second kappa shape index (κ2) is 5.55. The molecule has 0 fully saturated rings. The monoisotopic (exact) mass is 283 g/mol. The maximum absolute atomic E-state index is 5.74. The van der Waals surface area contributed by atoms with Gasteiger partial charge in [-0.1, -0.05) is 0 Å². The molecule has 0 saturated heterocycles. The molecular formula is C11H14BrN3O. The van der Waals surface area contributed by atoms with Crippen LogP contribution in [0.3, 0.4) is 0 Å². The minimum absolute atomic E-state index is 0.647. The van der Waals surface area contributed by atoms with Crippen LogP contribution >= 0.6 is 15.9 Å². The molecule has 16 heavy (non-hydrogen) atoms. The average Bonchev–Trinajstić information content (AvgIpc) is 2.30. The number of allylic oxidation sites excluding steroid dienone is 1. The highest BCUT2D eigenvalue weighted by Crippen LogP contribution is 2.26. The number of nitrogens with two attached hydrogens (primary N) is 2. The second-order valence-electron chi connectivity index (χ2n) is 3.05. The number of ether oxygens (including phenoxy) is 1. The number of anilines is 1. The Morgan fingerprint density at radius 2 is 2.19 bits per heavy atom. The van der Waals surface area contributed by atoms with Gasteiger partial charge in [-0.25, -0.2) is 0 Å².